The van der Waals surface area contributed by atoms with Crippen molar-refractivity contribution < 1.29 is 24.2 Å². The van der Waals surface area contributed by atoms with E-state index in [0.29, 0.717) is 0 Å². The van der Waals surface area contributed by atoms with Crippen molar-refractivity contribution in [2.75, 3.05) is 0 Å². The number of para-hydroxylation sites is 2. The van der Waals surface area contributed by atoms with E-state index in [0.717, 1.165) is 0 Å². The number of aromatic hydroxyl groups is 1. The normalized spacial score (nSPS) is 12.9. The summed E-state index contributed by atoms with van der Waals surface area (Å²) in [7, 11) is -5.02. The summed E-state index contributed by atoms with van der Waals surface area (Å²) < 4.78 is 16.5. The Labute approximate surface area is 110 Å². The van der Waals surface area contributed by atoms with Gasteiger partial charge in [0.2, 0.25) is 0 Å². The molecule has 0 saturated heterocycles. The minimum absolute atomic E-state index is 0.0525. The van der Waals surface area contributed by atoms with E-state index in [2.05, 4.69) is 0 Å². The molecule has 5 nitrogen and oxygen atoms in total. The van der Waals surface area contributed by atoms with Crippen LogP contribution >= 0.6 is 7.60 Å². The van der Waals surface area contributed by atoms with Crippen LogP contribution in [0.25, 0.3) is 0 Å². The van der Waals surface area contributed by atoms with Crippen molar-refractivity contribution in [2.45, 2.75) is 5.85 Å². The molecule has 0 radical (unpaired) electrons. The molecule has 2 aromatic rings. The molecule has 0 amide bonds. The Balaban J connectivity index is 2.36. The van der Waals surface area contributed by atoms with E-state index in [4.69, 9.17) is 4.74 Å². The first kappa shape index (κ1) is 13.6. The van der Waals surface area contributed by atoms with Crippen molar-refractivity contribution in [3.63, 3.8) is 0 Å². The van der Waals surface area contributed by atoms with Gasteiger partial charge in [-0.05, 0) is 25.3 Å². The molecule has 0 heterocycles. The summed E-state index contributed by atoms with van der Waals surface area (Å²) in [6, 6.07) is 13.7. The maximum atomic E-state index is 11.3. The van der Waals surface area contributed by atoms with Crippen molar-refractivity contribution in [3.05, 3.63) is 60.2 Å². The van der Waals surface area contributed by atoms with Gasteiger partial charge in [-0.25, -0.2) is 0 Å². The highest BCUT2D eigenvalue weighted by Crippen LogP contribution is 2.46. The Morgan fingerprint density at radius 3 is 2.16 bits per heavy atom. The van der Waals surface area contributed by atoms with E-state index >= 15 is 0 Å². The molecule has 19 heavy (non-hydrogen) atoms. The van der Waals surface area contributed by atoms with E-state index in [9.17, 15) is 19.5 Å². The van der Waals surface area contributed by atoms with Crippen LogP contribution in [0, 0.1) is 0 Å². The average molecular weight is 278 g/mol. The van der Waals surface area contributed by atoms with E-state index in [1.54, 1.807) is 30.3 Å². The van der Waals surface area contributed by atoms with E-state index in [1.807, 2.05) is 0 Å². The Bertz CT molecular complexity index is 593. The minimum atomic E-state index is -5.02. The molecule has 0 aliphatic carbocycles. The lowest BCUT2D eigenvalue weighted by Gasteiger charge is -2.38. The van der Waals surface area contributed by atoms with Gasteiger partial charge in [0.25, 0.3) is 0 Å². The fourth-order valence-corrected chi connectivity index (χ4v) is 2.39. The van der Waals surface area contributed by atoms with Crippen LogP contribution in [0.1, 0.15) is 11.4 Å². The molecule has 0 aliphatic rings. The first-order valence-corrected chi connectivity index (χ1v) is 7.11. The fourth-order valence-electron chi connectivity index (χ4n) is 1.61. The molecule has 0 fully saturated rings. The van der Waals surface area contributed by atoms with E-state index < -0.39 is 13.4 Å². The van der Waals surface area contributed by atoms with Crippen LogP contribution in [0.15, 0.2) is 54.6 Å². The number of benzene rings is 2. The van der Waals surface area contributed by atoms with Crippen LogP contribution in [0.4, 0.5) is 0 Å². The van der Waals surface area contributed by atoms with Crippen molar-refractivity contribution in [1.82, 2.24) is 0 Å². The lowest BCUT2D eigenvalue weighted by Crippen LogP contribution is -2.24. The summed E-state index contributed by atoms with van der Waals surface area (Å²) in [5.41, 5.74) is 0.221. The predicted octanol–water partition coefficient (Wildman–Crippen LogP) is 1.38. The molecule has 6 heteroatoms. The SMILES string of the molecule is O=P([O-])([O-])[C@@H](Oc1ccccc1O)c1ccccc1. The van der Waals surface area contributed by atoms with Crippen LogP contribution in [0.5, 0.6) is 11.5 Å². The second kappa shape index (κ2) is 5.45. The zero-order valence-electron chi connectivity index (χ0n) is 9.80. The van der Waals surface area contributed by atoms with Crippen LogP contribution in [0.2, 0.25) is 0 Å². The number of phenols is 1. The maximum Gasteiger partial charge on any atom is 0.162 e. The highest BCUT2D eigenvalue weighted by molar-refractivity contribution is 7.49. The number of phenolic OH excluding ortho intramolecular Hbond substituents is 1. The third-order valence-electron chi connectivity index (χ3n) is 2.48. The highest BCUT2D eigenvalue weighted by Gasteiger charge is 2.18. The van der Waals surface area contributed by atoms with Gasteiger partial charge in [0.15, 0.2) is 11.5 Å². The summed E-state index contributed by atoms with van der Waals surface area (Å²) in [5, 5.41) is 9.55. The Morgan fingerprint density at radius 2 is 1.58 bits per heavy atom. The van der Waals surface area contributed by atoms with Gasteiger partial charge in [0.1, 0.15) is 5.85 Å². The van der Waals surface area contributed by atoms with Crippen molar-refractivity contribution in [2.24, 2.45) is 0 Å². The van der Waals surface area contributed by atoms with Crippen molar-refractivity contribution in [1.29, 1.82) is 0 Å². The minimum Gasteiger partial charge on any atom is -0.808 e. The summed E-state index contributed by atoms with van der Waals surface area (Å²) in [6.07, 6.45) is 0. The zero-order chi connectivity index (χ0) is 13.9. The quantitative estimate of drug-likeness (QED) is 0.853. The van der Waals surface area contributed by atoms with Gasteiger partial charge in [0.05, 0.1) is 0 Å². The smallest absolute Gasteiger partial charge is 0.162 e. The third-order valence-corrected chi connectivity index (χ3v) is 3.45. The summed E-state index contributed by atoms with van der Waals surface area (Å²) in [5.74, 6) is -1.94. The third kappa shape index (κ3) is 3.35. The molecule has 1 N–H and O–H groups in total. The van der Waals surface area contributed by atoms with Gasteiger partial charge in [0, 0.05) is 0 Å². The summed E-state index contributed by atoms with van der Waals surface area (Å²) in [6.45, 7) is 0. The summed E-state index contributed by atoms with van der Waals surface area (Å²) in [4.78, 5) is 22.6. The summed E-state index contributed by atoms with van der Waals surface area (Å²) >= 11 is 0. The van der Waals surface area contributed by atoms with Crippen LogP contribution < -0.4 is 14.5 Å². The molecule has 2 rings (SSSR count). The maximum absolute atomic E-state index is 11.3. The Morgan fingerprint density at radius 1 is 1.00 bits per heavy atom. The molecule has 0 bridgehead atoms. The van der Waals surface area contributed by atoms with Crippen molar-refractivity contribution in [3.8, 4) is 11.5 Å². The van der Waals surface area contributed by atoms with E-state index in [1.165, 1.54) is 24.3 Å². The van der Waals surface area contributed by atoms with Gasteiger partial charge < -0.3 is 24.2 Å². The number of hydrogen-bond acceptors (Lipinski definition) is 5. The van der Waals surface area contributed by atoms with Gasteiger partial charge >= 0.3 is 0 Å². The molecular weight excluding hydrogens is 267 g/mol. The Hall–Kier alpha value is -1.81. The standard InChI is InChI=1S/C13H13O5P/c14-11-8-4-5-9-12(11)18-13(19(15,16)17)10-6-2-1-3-7-10/h1-9,13-14H,(H2,15,16,17)/p-2/t13-/m1/s1. The molecule has 2 aromatic carbocycles. The number of ether oxygens (including phenoxy) is 1. The molecule has 0 aromatic heterocycles. The molecule has 0 aliphatic heterocycles. The number of rotatable bonds is 4. The largest absolute Gasteiger partial charge is 0.808 e. The number of hydrogen-bond donors (Lipinski definition) is 1. The predicted molar refractivity (Wildman–Crippen MR) is 65.5 cm³/mol. The van der Waals surface area contributed by atoms with Crippen LogP contribution in [-0.4, -0.2) is 5.11 Å². The highest BCUT2D eigenvalue weighted by atomic mass is 31.2. The Kier molecular flexibility index (Phi) is 3.90. The lowest BCUT2D eigenvalue weighted by molar-refractivity contribution is -0.321. The van der Waals surface area contributed by atoms with Gasteiger partial charge in [-0.2, -0.15) is 0 Å². The van der Waals surface area contributed by atoms with Crippen LogP contribution in [0.3, 0.4) is 0 Å². The van der Waals surface area contributed by atoms with Crippen molar-refractivity contribution >= 4 is 7.60 Å². The second-order valence-corrected chi connectivity index (χ2v) is 5.44. The first-order valence-electron chi connectivity index (χ1n) is 5.50. The first-order chi connectivity index (χ1) is 8.98. The average Bonchev–Trinajstić information content (AvgIpc) is 2.37. The van der Waals surface area contributed by atoms with Crippen LogP contribution in [-0.2, 0) is 4.57 Å². The lowest BCUT2D eigenvalue weighted by atomic mass is 10.2. The zero-order valence-corrected chi connectivity index (χ0v) is 10.7. The molecule has 1 atom stereocenters. The molecule has 100 valence electrons. The molecule has 0 spiro atoms. The molecule has 0 unspecified atom stereocenters. The van der Waals surface area contributed by atoms with E-state index in [-0.39, 0.29) is 17.1 Å². The second-order valence-electron chi connectivity index (χ2n) is 3.89. The topological polar surface area (TPSA) is 92.7 Å². The fraction of sp³-hybridized carbons (Fsp3) is 0.0769. The van der Waals surface area contributed by atoms with Gasteiger partial charge in [-0.15, -0.1) is 0 Å². The molecular formula is C13H11O5P-2. The van der Waals surface area contributed by atoms with Gasteiger partial charge in [-0.3, -0.25) is 0 Å². The molecule has 0 saturated carbocycles. The van der Waals surface area contributed by atoms with Gasteiger partial charge in [-0.1, -0.05) is 42.5 Å². The monoisotopic (exact) mass is 278 g/mol.